The second kappa shape index (κ2) is 5.95. The van der Waals surface area contributed by atoms with Crippen LogP contribution in [0.25, 0.3) is 0 Å². The van der Waals surface area contributed by atoms with Crippen LogP contribution in [0.4, 0.5) is 18.9 Å². The molecule has 0 heterocycles. The normalized spacial score (nSPS) is 11.2. The van der Waals surface area contributed by atoms with Crippen LogP contribution in [-0.2, 0) is 6.54 Å². The van der Waals surface area contributed by atoms with E-state index in [4.69, 9.17) is 0 Å². The van der Waals surface area contributed by atoms with Crippen molar-refractivity contribution < 1.29 is 23.0 Å². The third-order valence-electron chi connectivity index (χ3n) is 2.86. The first-order chi connectivity index (χ1) is 9.83. The lowest BCUT2D eigenvalue weighted by molar-refractivity contribution is -0.274. The molecule has 0 aromatic heterocycles. The molecule has 3 nitrogen and oxygen atoms in total. The number of ether oxygens (including phenoxy) is 1. The molecule has 0 unspecified atom stereocenters. The van der Waals surface area contributed by atoms with E-state index in [-0.39, 0.29) is 11.5 Å². The number of alkyl halides is 3. The number of aryl methyl sites for hydroxylation is 1. The Bertz CT molecular complexity index is 609. The molecule has 2 aromatic carbocycles. The summed E-state index contributed by atoms with van der Waals surface area (Å²) in [7, 11) is 0. The Labute approximate surface area is 120 Å². The number of hydrogen-bond donors (Lipinski definition) is 2. The van der Waals surface area contributed by atoms with Gasteiger partial charge in [0.05, 0.1) is 0 Å². The largest absolute Gasteiger partial charge is 0.573 e. The molecular weight excluding hydrogens is 283 g/mol. The van der Waals surface area contributed by atoms with Crippen LogP contribution < -0.4 is 10.1 Å². The number of nitrogens with one attached hydrogen (secondary N) is 1. The molecule has 2 rings (SSSR count). The highest BCUT2D eigenvalue weighted by Crippen LogP contribution is 2.24. The lowest BCUT2D eigenvalue weighted by atomic mass is 10.2. The fraction of sp³-hybridized carbons (Fsp3) is 0.200. The number of aromatic hydroxyl groups is 1. The molecule has 0 saturated heterocycles. The van der Waals surface area contributed by atoms with Gasteiger partial charge in [0.2, 0.25) is 0 Å². The Morgan fingerprint density at radius 1 is 1.10 bits per heavy atom. The Hall–Kier alpha value is -2.37. The summed E-state index contributed by atoms with van der Waals surface area (Å²) < 4.78 is 39.9. The second-order valence-corrected chi connectivity index (χ2v) is 4.55. The fourth-order valence-electron chi connectivity index (χ4n) is 1.73. The molecule has 6 heteroatoms. The van der Waals surface area contributed by atoms with Gasteiger partial charge in [-0.3, -0.25) is 0 Å². The van der Waals surface area contributed by atoms with Gasteiger partial charge in [-0.05, 0) is 36.2 Å². The molecule has 21 heavy (non-hydrogen) atoms. The smallest absolute Gasteiger partial charge is 0.508 e. The van der Waals surface area contributed by atoms with Gasteiger partial charge in [0.15, 0.2) is 0 Å². The van der Waals surface area contributed by atoms with E-state index in [1.807, 2.05) is 6.07 Å². The van der Waals surface area contributed by atoms with E-state index in [0.29, 0.717) is 6.54 Å². The zero-order chi connectivity index (χ0) is 15.5. The monoisotopic (exact) mass is 297 g/mol. The average Bonchev–Trinajstić information content (AvgIpc) is 2.40. The second-order valence-electron chi connectivity index (χ2n) is 4.55. The van der Waals surface area contributed by atoms with Gasteiger partial charge in [0.25, 0.3) is 0 Å². The van der Waals surface area contributed by atoms with Crippen LogP contribution in [0, 0.1) is 6.92 Å². The summed E-state index contributed by atoms with van der Waals surface area (Å²) in [5, 5.41) is 12.7. The lowest BCUT2D eigenvalue weighted by Gasteiger charge is -2.10. The maximum Gasteiger partial charge on any atom is 0.573 e. The van der Waals surface area contributed by atoms with Crippen molar-refractivity contribution in [1.29, 1.82) is 0 Å². The van der Waals surface area contributed by atoms with Crippen LogP contribution >= 0.6 is 0 Å². The summed E-state index contributed by atoms with van der Waals surface area (Å²) in [5.74, 6) is -0.0619. The van der Waals surface area contributed by atoms with E-state index in [0.717, 1.165) is 16.8 Å². The van der Waals surface area contributed by atoms with Gasteiger partial charge in [-0.15, -0.1) is 13.2 Å². The Balaban J connectivity index is 1.96. The van der Waals surface area contributed by atoms with Crippen LogP contribution in [0.2, 0.25) is 0 Å². The van der Waals surface area contributed by atoms with Gasteiger partial charge in [-0.2, -0.15) is 0 Å². The molecule has 0 atom stereocenters. The van der Waals surface area contributed by atoms with E-state index >= 15 is 0 Å². The zero-order valence-electron chi connectivity index (χ0n) is 11.2. The minimum Gasteiger partial charge on any atom is -0.508 e. The summed E-state index contributed by atoms with van der Waals surface area (Å²) in [5.41, 5.74) is 2.30. The van der Waals surface area contributed by atoms with E-state index in [9.17, 15) is 18.3 Å². The fourth-order valence-corrected chi connectivity index (χ4v) is 1.73. The first-order valence-electron chi connectivity index (χ1n) is 6.22. The van der Waals surface area contributed by atoms with Gasteiger partial charge >= 0.3 is 6.36 Å². The van der Waals surface area contributed by atoms with Crippen LogP contribution in [0.1, 0.15) is 11.1 Å². The van der Waals surface area contributed by atoms with Crippen LogP contribution in [0.3, 0.4) is 0 Å². The lowest BCUT2D eigenvalue weighted by Crippen LogP contribution is -2.17. The molecule has 0 spiro atoms. The van der Waals surface area contributed by atoms with Gasteiger partial charge in [0, 0.05) is 18.3 Å². The van der Waals surface area contributed by atoms with Crippen LogP contribution in [0.5, 0.6) is 11.5 Å². The maximum absolute atomic E-state index is 12.0. The quantitative estimate of drug-likeness (QED) is 0.888. The molecule has 0 fully saturated rings. The first-order valence-corrected chi connectivity index (χ1v) is 6.22. The van der Waals surface area contributed by atoms with Crippen molar-refractivity contribution in [2.45, 2.75) is 19.8 Å². The molecule has 2 N–H and O–H groups in total. The van der Waals surface area contributed by atoms with E-state index in [1.165, 1.54) is 12.1 Å². The van der Waals surface area contributed by atoms with Crippen LogP contribution in [0.15, 0.2) is 42.5 Å². The van der Waals surface area contributed by atoms with Crippen molar-refractivity contribution in [2.24, 2.45) is 0 Å². The Kier molecular flexibility index (Phi) is 4.26. The van der Waals surface area contributed by atoms with Gasteiger partial charge in [-0.1, -0.05) is 18.2 Å². The van der Waals surface area contributed by atoms with Crippen molar-refractivity contribution in [3.8, 4) is 11.5 Å². The number of benzene rings is 2. The Morgan fingerprint density at radius 3 is 2.33 bits per heavy atom. The maximum atomic E-state index is 12.0. The van der Waals surface area contributed by atoms with Crippen molar-refractivity contribution >= 4 is 5.69 Å². The SMILES string of the molecule is Cc1ccc(NCc2ccc(OC(F)(F)F)cc2)cc1O. The minimum absolute atomic E-state index is 0.189. The number of phenolic OH excluding ortho intramolecular Hbond substituents is 1. The molecule has 0 aliphatic rings. The Morgan fingerprint density at radius 2 is 1.76 bits per heavy atom. The van der Waals surface area contributed by atoms with Crippen molar-refractivity contribution in [3.63, 3.8) is 0 Å². The highest BCUT2D eigenvalue weighted by atomic mass is 19.4. The van der Waals surface area contributed by atoms with Crippen molar-refractivity contribution in [2.75, 3.05) is 5.32 Å². The summed E-state index contributed by atoms with van der Waals surface area (Å²) in [6.07, 6.45) is -4.68. The van der Waals surface area contributed by atoms with Gasteiger partial charge < -0.3 is 15.2 Å². The standard InChI is InChI=1S/C15H14F3NO2/c1-10-2-5-12(8-14(10)20)19-9-11-3-6-13(7-4-11)21-15(16,17)18/h2-8,19-20H,9H2,1H3. The molecular formula is C15H14F3NO2. The topological polar surface area (TPSA) is 41.5 Å². The summed E-state index contributed by atoms with van der Waals surface area (Å²) >= 11 is 0. The summed E-state index contributed by atoms with van der Waals surface area (Å²) in [6.45, 7) is 2.22. The predicted molar refractivity (Wildman–Crippen MR) is 73.3 cm³/mol. The molecule has 0 bridgehead atoms. The molecule has 0 aliphatic carbocycles. The predicted octanol–water partition coefficient (Wildman–Crippen LogP) is 4.21. The summed E-state index contributed by atoms with van der Waals surface area (Å²) in [4.78, 5) is 0. The molecule has 0 amide bonds. The summed E-state index contributed by atoms with van der Waals surface area (Å²) in [6, 6.07) is 10.8. The molecule has 0 saturated carbocycles. The van der Waals surface area contributed by atoms with Gasteiger partial charge in [-0.25, -0.2) is 0 Å². The first kappa shape index (κ1) is 15.0. The van der Waals surface area contributed by atoms with Gasteiger partial charge in [0.1, 0.15) is 11.5 Å². The van der Waals surface area contributed by atoms with Crippen molar-refractivity contribution in [3.05, 3.63) is 53.6 Å². The number of halogens is 3. The molecule has 0 aliphatic heterocycles. The number of rotatable bonds is 4. The van der Waals surface area contributed by atoms with E-state index < -0.39 is 6.36 Å². The molecule has 2 aromatic rings. The number of anilines is 1. The van der Waals surface area contributed by atoms with E-state index in [1.54, 1.807) is 31.2 Å². The third kappa shape index (κ3) is 4.59. The number of hydrogen-bond acceptors (Lipinski definition) is 3. The number of phenols is 1. The van der Waals surface area contributed by atoms with E-state index in [2.05, 4.69) is 10.1 Å². The highest BCUT2D eigenvalue weighted by molar-refractivity contribution is 5.51. The third-order valence-corrected chi connectivity index (χ3v) is 2.86. The minimum atomic E-state index is -4.68. The molecule has 112 valence electrons. The highest BCUT2D eigenvalue weighted by Gasteiger charge is 2.30. The zero-order valence-corrected chi connectivity index (χ0v) is 11.2. The van der Waals surface area contributed by atoms with Crippen molar-refractivity contribution in [1.82, 2.24) is 0 Å². The average molecular weight is 297 g/mol. The molecule has 0 radical (unpaired) electrons. The van der Waals surface area contributed by atoms with Crippen LogP contribution in [-0.4, -0.2) is 11.5 Å².